The van der Waals surface area contributed by atoms with E-state index in [1.165, 1.54) is 11.3 Å². The third-order valence-electron chi connectivity index (χ3n) is 2.51. The van der Waals surface area contributed by atoms with Gasteiger partial charge in [-0.25, -0.2) is 4.98 Å². The van der Waals surface area contributed by atoms with Crippen LogP contribution in [0.3, 0.4) is 0 Å². The smallest absolute Gasteiger partial charge is 0.266 e. The van der Waals surface area contributed by atoms with Gasteiger partial charge in [0.25, 0.3) is 5.91 Å². The Bertz CT molecular complexity index is 454. The van der Waals surface area contributed by atoms with E-state index in [2.05, 4.69) is 4.98 Å². The Hall–Kier alpha value is -1.41. The highest BCUT2D eigenvalue weighted by atomic mass is 32.1. The molecule has 0 N–H and O–H groups in total. The molecule has 0 bridgehead atoms. The summed E-state index contributed by atoms with van der Waals surface area (Å²) in [7, 11) is 0. The molecule has 1 aromatic heterocycles. The number of carbonyl (C=O) groups excluding carboxylic acids is 1. The average Bonchev–Trinajstić information content (AvgIpc) is 2.76. The summed E-state index contributed by atoms with van der Waals surface area (Å²) < 4.78 is 0. The van der Waals surface area contributed by atoms with Crippen molar-refractivity contribution in [2.45, 2.75) is 39.5 Å². The second kappa shape index (κ2) is 5.96. The van der Waals surface area contributed by atoms with E-state index in [4.69, 9.17) is 5.26 Å². The molecule has 1 amide bonds. The molecule has 0 radical (unpaired) electrons. The van der Waals surface area contributed by atoms with Gasteiger partial charge in [0, 0.05) is 12.0 Å². The van der Waals surface area contributed by atoms with Crippen molar-refractivity contribution in [1.82, 2.24) is 9.88 Å². The standard InChI is InChI=1S/C13H19N3OS/c1-5-7-16(8-6-14)12(17)10-11(13(2,3)4)15-9-18-10/h9H,5,7-8H2,1-4H3. The number of hydrogen-bond acceptors (Lipinski definition) is 4. The summed E-state index contributed by atoms with van der Waals surface area (Å²) in [5.74, 6) is -0.0779. The van der Waals surface area contributed by atoms with Crippen LogP contribution in [0.15, 0.2) is 5.51 Å². The minimum Gasteiger partial charge on any atom is -0.325 e. The van der Waals surface area contributed by atoms with E-state index < -0.39 is 0 Å². The molecule has 0 aliphatic carbocycles. The van der Waals surface area contributed by atoms with Crippen LogP contribution >= 0.6 is 11.3 Å². The van der Waals surface area contributed by atoms with Gasteiger partial charge >= 0.3 is 0 Å². The van der Waals surface area contributed by atoms with Crippen LogP contribution < -0.4 is 0 Å². The van der Waals surface area contributed by atoms with Gasteiger partial charge in [-0.2, -0.15) is 5.26 Å². The Morgan fingerprint density at radius 1 is 1.56 bits per heavy atom. The van der Waals surface area contributed by atoms with Crippen molar-refractivity contribution in [1.29, 1.82) is 5.26 Å². The number of thiazole rings is 1. The highest BCUT2D eigenvalue weighted by Gasteiger charge is 2.27. The van der Waals surface area contributed by atoms with Gasteiger partial charge in [-0.15, -0.1) is 11.3 Å². The molecule has 18 heavy (non-hydrogen) atoms. The first kappa shape index (κ1) is 14.7. The average molecular weight is 265 g/mol. The normalized spacial score (nSPS) is 11.1. The second-order valence-corrected chi connectivity index (χ2v) is 6.02. The van der Waals surface area contributed by atoms with Crippen molar-refractivity contribution >= 4 is 17.2 Å². The first-order valence-electron chi connectivity index (χ1n) is 6.02. The Kier molecular flexibility index (Phi) is 4.85. The van der Waals surface area contributed by atoms with Crippen LogP contribution in [-0.4, -0.2) is 28.9 Å². The number of rotatable bonds is 4. The SMILES string of the molecule is CCCN(CC#N)C(=O)c1scnc1C(C)(C)C. The van der Waals surface area contributed by atoms with Crippen molar-refractivity contribution in [3.8, 4) is 6.07 Å². The maximum Gasteiger partial charge on any atom is 0.266 e. The largest absolute Gasteiger partial charge is 0.325 e. The lowest BCUT2D eigenvalue weighted by Crippen LogP contribution is -2.33. The molecule has 0 aliphatic rings. The Morgan fingerprint density at radius 3 is 2.72 bits per heavy atom. The Balaban J connectivity index is 3.03. The van der Waals surface area contributed by atoms with Gasteiger partial charge in [0.15, 0.2) is 0 Å². The first-order valence-corrected chi connectivity index (χ1v) is 6.90. The van der Waals surface area contributed by atoms with Gasteiger partial charge in [0.2, 0.25) is 0 Å². The van der Waals surface area contributed by atoms with Crippen molar-refractivity contribution < 1.29 is 4.79 Å². The maximum atomic E-state index is 12.4. The van der Waals surface area contributed by atoms with E-state index in [0.29, 0.717) is 11.4 Å². The molecule has 0 aliphatic heterocycles. The highest BCUT2D eigenvalue weighted by molar-refractivity contribution is 7.11. The molecule has 1 rings (SSSR count). The van der Waals surface area contributed by atoms with Gasteiger partial charge in [-0.1, -0.05) is 27.7 Å². The second-order valence-electron chi connectivity index (χ2n) is 5.16. The van der Waals surface area contributed by atoms with Crippen LogP contribution in [0.4, 0.5) is 0 Å². The van der Waals surface area contributed by atoms with Crippen molar-refractivity contribution in [2.75, 3.05) is 13.1 Å². The fourth-order valence-corrected chi connectivity index (χ4v) is 2.65. The molecule has 0 spiro atoms. The number of carbonyl (C=O) groups is 1. The molecule has 1 heterocycles. The van der Waals surface area contributed by atoms with Crippen LogP contribution in [0.25, 0.3) is 0 Å². The molecule has 0 atom stereocenters. The number of aromatic nitrogens is 1. The summed E-state index contributed by atoms with van der Waals surface area (Å²) >= 11 is 1.35. The molecule has 5 heteroatoms. The molecule has 4 nitrogen and oxygen atoms in total. The first-order chi connectivity index (χ1) is 8.41. The van der Waals surface area contributed by atoms with Crippen LogP contribution in [0.5, 0.6) is 0 Å². The highest BCUT2D eigenvalue weighted by Crippen LogP contribution is 2.28. The summed E-state index contributed by atoms with van der Waals surface area (Å²) in [6.07, 6.45) is 0.844. The Labute approximate surface area is 112 Å². The molecule has 1 aromatic rings. The molecule has 98 valence electrons. The number of hydrogen-bond donors (Lipinski definition) is 0. The predicted octanol–water partition coefficient (Wildman–Crippen LogP) is 2.82. The number of nitriles is 1. The van der Waals surface area contributed by atoms with E-state index in [-0.39, 0.29) is 17.9 Å². The van der Waals surface area contributed by atoms with E-state index in [9.17, 15) is 4.79 Å². The van der Waals surface area contributed by atoms with Crippen molar-refractivity contribution in [3.05, 3.63) is 16.1 Å². The summed E-state index contributed by atoms with van der Waals surface area (Å²) in [4.78, 5) is 18.9. The summed E-state index contributed by atoms with van der Waals surface area (Å²) in [5, 5.41) is 8.78. The van der Waals surface area contributed by atoms with Gasteiger partial charge in [0.05, 0.1) is 17.3 Å². The van der Waals surface area contributed by atoms with E-state index in [0.717, 1.165) is 12.1 Å². The topological polar surface area (TPSA) is 57.0 Å². The predicted molar refractivity (Wildman–Crippen MR) is 72.6 cm³/mol. The third kappa shape index (κ3) is 3.30. The van der Waals surface area contributed by atoms with Crippen LogP contribution in [0.1, 0.15) is 49.5 Å². The summed E-state index contributed by atoms with van der Waals surface area (Å²) in [6, 6.07) is 2.04. The molecular weight excluding hydrogens is 246 g/mol. The quantitative estimate of drug-likeness (QED) is 0.787. The monoisotopic (exact) mass is 265 g/mol. The minimum absolute atomic E-state index is 0.0779. The van der Waals surface area contributed by atoms with Gasteiger partial charge in [-0.3, -0.25) is 4.79 Å². The molecule has 0 aromatic carbocycles. The lowest BCUT2D eigenvalue weighted by Gasteiger charge is -2.22. The molecule has 0 saturated heterocycles. The fraction of sp³-hybridized carbons (Fsp3) is 0.615. The summed E-state index contributed by atoms with van der Waals surface area (Å²) in [6.45, 7) is 8.84. The minimum atomic E-state index is -0.157. The van der Waals surface area contributed by atoms with Crippen LogP contribution in [0, 0.1) is 11.3 Å². The van der Waals surface area contributed by atoms with Gasteiger partial charge < -0.3 is 4.90 Å². The lowest BCUT2D eigenvalue weighted by molar-refractivity contribution is 0.0778. The zero-order chi connectivity index (χ0) is 13.8. The van der Waals surface area contributed by atoms with E-state index in [1.54, 1.807) is 10.4 Å². The van der Waals surface area contributed by atoms with Crippen molar-refractivity contribution in [3.63, 3.8) is 0 Å². The molecule has 0 fully saturated rings. The third-order valence-corrected chi connectivity index (χ3v) is 3.33. The number of nitrogens with zero attached hydrogens (tertiary/aromatic N) is 3. The zero-order valence-electron chi connectivity index (χ0n) is 11.4. The lowest BCUT2D eigenvalue weighted by atomic mass is 9.91. The van der Waals surface area contributed by atoms with E-state index >= 15 is 0 Å². The number of amides is 1. The zero-order valence-corrected chi connectivity index (χ0v) is 12.2. The fourth-order valence-electron chi connectivity index (χ4n) is 1.68. The summed E-state index contributed by atoms with van der Waals surface area (Å²) in [5.41, 5.74) is 2.36. The van der Waals surface area contributed by atoms with E-state index in [1.807, 2.05) is 33.8 Å². The van der Waals surface area contributed by atoms with Crippen molar-refractivity contribution in [2.24, 2.45) is 0 Å². The van der Waals surface area contributed by atoms with Crippen LogP contribution in [-0.2, 0) is 5.41 Å². The maximum absolute atomic E-state index is 12.4. The molecular formula is C13H19N3OS. The molecule has 0 saturated carbocycles. The van der Waals surface area contributed by atoms with Crippen LogP contribution in [0.2, 0.25) is 0 Å². The van der Waals surface area contributed by atoms with Gasteiger partial charge in [0.1, 0.15) is 11.4 Å². The van der Waals surface area contributed by atoms with Gasteiger partial charge in [-0.05, 0) is 6.42 Å². The molecule has 0 unspecified atom stereocenters. The Morgan fingerprint density at radius 2 is 2.22 bits per heavy atom.